The van der Waals surface area contributed by atoms with E-state index in [1.165, 1.54) is 11.1 Å². The smallest absolute Gasteiger partial charge is 0.0344 e. The zero-order chi connectivity index (χ0) is 10.1. The summed E-state index contributed by atoms with van der Waals surface area (Å²) in [6.45, 7) is 8.60. The van der Waals surface area contributed by atoms with Gasteiger partial charge in [0, 0.05) is 6.04 Å². The largest absolute Gasteiger partial charge is 0.324 e. The number of rotatable bonds is 1. The van der Waals surface area contributed by atoms with Crippen molar-refractivity contribution < 1.29 is 0 Å². The molecule has 1 heteroatoms. The number of hydrogen-bond acceptors (Lipinski definition) is 1. The molecule has 1 nitrogen and oxygen atoms in total. The molecule has 0 aromatic heterocycles. The lowest BCUT2D eigenvalue weighted by molar-refractivity contribution is 0.327. The summed E-state index contributed by atoms with van der Waals surface area (Å²) in [5.41, 5.74) is 8.78. The zero-order valence-electron chi connectivity index (χ0n) is 8.96. The van der Waals surface area contributed by atoms with Crippen LogP contribution in [0.1, 0.15) is 37.9 Å². The van der Waals surface area contributed by atoms with Crippen LogP contribution in [0.3, 0.4) is 0 Å². The van der Waals surface area contributed by atoms with E-state index in [1.807, 2.05) is 0 Å². The molecule has 1 unspecified atom stereocenters. The minimum absolute atomic E-state index is 0.118. The maximum absolute atomic E-state index is 6.14. The molecule has 0 aliphatic rings. The van der Waals surface area contributed by atoms with E-state index in [0.717, 1.165) is 0 Å². The Balaban J connectivity index is 2.96. The molecule has 0 bridgehead atoms. The second kappa shape index (κ2) is 3.51. The van der Waals surface area contributed by atoms with Gasteiger partial charge in [-0.3, -0.25) is 0 Å². The van der Waals surface area contributed by atoms with E-state index in [1.54, 1.807) is 0 Å². The Labute approximate surface area is 81.0 Å². The van der Waals surface area contributed by atoms with Crippen molar-refractivity contribution in [3.8, 4) is 0 Å². The fraction of sp³-hybridized carbons (Fsp3) is 0.500. The normalized spacial score (nSPS) is 14.2. The Morgan fingerprint density at radius 1 is 1.23 bits per heavy atom. The molecule has 1 aromatic rings. The van der Waals surface area contributed by atoms with Crippen LogP contribution in [0.25, 0.3) is 0 Å². The molecule has 1 rings (SSSR count). The SMILES string of the molecule is Cc1cccc(C(N)C(C)(C)C)c1. The Hall–Kier alpha value is -0.820. The van der Waals surface area contributed by atoms with Crippen molar-refractivity contribution in [1.82, 2.24) is 0 Å². The maximum Gasteiger partial charge on any atom is 0.0344 e. The van der Waals surface area contributed by atoms with Crippen molar-refractivity contribution in [1.29, 1.82) is 0 Å². The molecule has 0 fully saturated rings. The van der Waals surface area contributed by atoms with E-state index in [0.29, 0.717) is 0 Å². The van der Waals surface area contributed by atoms with Crippen LogP contribution in [-0.2, 0) is 0 Å². The second-order valence-corrected chi connectivity index (χ2v) is 4.76. The predicted molar refractivity (Wildman–Crippen MR) is 57.6 cm³/mol. The summed E-state index contributed by atoms with van der Waals surface area (Å²) in [7, 11) is 0. The van der Waals surface area contributed by atoms with Gasteiger partial charge in [-0.25, -0.2) is 0 Å². The van der Waals surface area contributed by atoms with Crippen molar-refractivity contribution in [2.24, 2.45) is 11.1 Å². The van der Waals surface area contributed by atoms with Gasteiger partial charge >= 0.3 is 0 Å². The van der Waals surface area contributed by atoms with Crippen LogP contribution < -0.4 is 5.73 Å². The van der Waals surface area contributed by atoms with Crippen LogP contribution in [0.5, 0.6) is 0 Å². The van der Waals surface area contributed by atoms with Crippen LogP contribution >= 0.6 is 0 Å². The first-order valence-electron chi connectivity index (χ1n) is 4.73. The van der Waals surface area contributed by atoms with Crippen LogP contribution in [-0.4, -0.2) is 0 Å². The molecule has 0 amide bonds. The highest BCUT2D eigenvalue weighted by Gasteiger charge is 2.21. The zero-order valence-corrected chi connectivity index (χ0v) is 8.96. The predicted octanol–water partition coefficient (Wildman–Crippen LogP) is 3.04. The monoisotopic (exact) mass is 177 g/mol. The number of aryl methyl sites for hydroxylation is 1. The lowest BCUT2D eigenvalue weighted by atomic mass is 9.83. The van der Waals surface area contributed by atoms with Gasteiger partial charge in [0.1, 0.15) is 0 Å². The molecule has 0 aliphatic heterocycles. The molecule has 0 spiro atoms. The summed E-state index contributed by atoms with van der Waals surface area (Å²) in [5.74, 6) is 0. The summed E-state index contributed by atoms with van der Waals surface area (Å²) >= 11 is 0. The Bertz CT molecular complexity index is 283. The Kier molecular flexibility index (Phi) is 2.77. The van der Waals surface area contributed by atoms with Crippen molar-refractivity contribution in [3.05, 3.63) is 35.4 Å². The third kappa shape index (κ3) is 2.56. The lowest BCUT2D eigenvalue weighted by Crippen LogP contribution is -2.26. The highest BCUT2D eigenvalue weighted by atomic mass is 14.7. The minimum atomic E-state index is 0.118. The third-order valence-corrected chi connectivity index (χ3v) is 2.33. The summed E-state index contributed by atoms with van der Waals surface area (Å²) in [4.78, 5) is 0. The van der Waals surface area contributed by atoms with Gasteiger partial charge in [-0.2, -0.15) is 0 Å². The standard InChI is InChI=1S/C12H19N/c1-9-6-5-7-10(8-9)11(13)12(2,3)4/h5-8,11H,13H2,1-4H3. The van der Waals surface area contributed by atoms with E-state index < -0.39 is 0 Å². The lowest BCUT2D eigenvalue weighted by Gasteiger charge is -2.27. The number of nitrogens with two attached hydrogens (primary N) is 1. The fourth-order valence-corrected chi connectivity index (χ4v) is 1.36. The van der Waals surface area contributed by atoms with Gasteiger partial charge < -0.3 is 5.73 Å². The Morgan fingerprint density at radius 3 is 2.31 bits per heavy atom. The molecule has 72 valence electrons. The van der Waals surface area contributed by atoms with Crippen molar-refractivity contribution in [3.63, 3.8) is 0 Å². The van der Waals surface area contributed by atoms with E-state index in [9.17, 15) is 0 Å². The maximum atomic E-state index is 6.14. The topological polar surface area (TPSA) is 26.0 Å². The van der Waals surface area contributed by atoms with E-state index in [4.69, 9.17) is 5.73 Å². The highest BCUT2D eigenvalue weighted by Crippen LogP contribution is 2.30. The van der Waals surface area contributed by atoms with Gasteiger partial charge in [0.2, 0.25) is 0 Å². The van der Waals surface area contributed by atoms with E-state index in [-0.39, 0.29) is 11.5 Å². The van der Waals surface area contributed by atoms with Crippen LogP contribution in [0.15, 0.2) is 24.3 Å². The van der Waals surface area contributed by atoms with Gasteiger partial charge in [-0.05, 0) is 17.9 Å². The molecular weight excluding hydrogens is 158 g/mol. The van der Waals surface area contributed by atoms with Gasteiger partial charge in [-0.1, -0.05) is 50.6 Å². The fourth-order valence-electron chi connectivity index (χ4n) is 1.36. The summed E-state index contributed by atoms with van der Waals surface area (Å²) < 4.78 is 0. The second-order valence-electron chi connectivity index (χ2n) is 4.76. The average molecular weight is 177 g/mol. The molecule has 2 N–H and O–H groups in total. The van der Waals surface area contributed by atoms with Crippen molar-refractivity contribution in [2.45, 2.75) is 33.7 Å². The first-order valence-corrected chi connectivity index (χ1v) is 4.73. The van der Waals surface area contributed by atoms with Crippen molar-refractivity contribution in [2.75, 3.05) is 0 Å². The molecule has 1 aromatic carbocycles. The molecule has 0 saturated heterocycles. The van der Waals surface area contributed by atoms with Gasteiger partial charge in [-0.15, -0.1) is 0 Å². The quantitative estimate of drug-likeness (QED) is 0.701. The summed E-state index contributed by atoms with van der Waals surface area (Å²) in [5, 5.41) is 0. The number of hydrogen-bond donors (Lipinski definition) is 1. The third-order valence-electron chi connectivity index (χ3n) is 2.33. The summed E-state index contributed by atoms with van der Waals surface area (Å²) in [6, 6.07) is 8.54. The first-order chi connectivity index (χ1) is 5.91. The highest BCUT2D eigenvalue weighted by molar-refractivity contribution is 5.25. The Morgan fingerprint density at radius 2 is 1.85 bits per heavy atom. The van der Waals surface area contributed by atoms with Gasteiger partial charge in [0.25, 0.3) is 0 Å². The first kappa shape index (κ1) is 10.3. The van der Waals surface area contributed by atoms with Crippen molar-refractivity contribution >= 4 is 0 Å². The molecule has 1 atom stereocenters. The molecule has 13 heavy (non-hydrogen) atoms. The van der Waals surface area contributed by atoms with Gasteiger partial charge in [0.05, 0.1) is 0 Å². The molecule has 0 heterocycles. The van der Waals surface area contributed by atoms with Crippen LogP contribution in [0.4, 0.5) is 0 Å². The minimum Gasteiger partial charge on any atom is -0.324 e. The van der Waals surface area contributed by atoms with E-state index >= 15 is 0 Å². The van der Waals surface area contributed by atoms with Gasteiger partial charge in [0.15, 0.2) is 0 Å². The summed E-state index contributed by atoms with van der Waals surface area (Å²) in [6.07, 6.45) is 0. The number of benzene rings is 1. The molecular formula is C12H19N. The molecule has 0 radical (unpaired) electrons. The van der Waals surface area contributed by atoms with Crippen LogP contribution in [0, 0.1) is 12.3 Å². The molecule has 0 aliphatic carbocycles. The average Bonchev–Trinajstić information content (AvgIpc) is 2.01. The molecule has 0 saturated carbocycles. The van der Waals surface area contributed by atoms with E-state index in [2.05, 4.69) is 52.0 Å². The van der Waals surface area contributed by atoms with Crippen LogP contribution in [0.2, 0.25) is 0 Å².